The van der Waals surface area contributed by atoms with Crippen molar-refractivity contribution in [2.75, 3.05) is 19.0 Å². The molecule has 1 aliphatic heterocycles. The van der Waals surface area contributed by atoms with Gasteiger partial charge < -0.3 is 4.74 Å². The number of sulfone groups is 1. The van der Waals surface area contributed by atoms with Crippen LogP contribution in [0.25, 0.3) is 0 Å². The summed E-state index contributed by atoms with van der Waals surface area (Å²) in [4.78, 5) is 0.414. The molecule has 1 heterocycles. The largest absolute Gasteiger partial charge is 0.381 e. The Morgan fingerprint density at radius 1 is 1.27 bits per heavy atom. The van der Waals surface area contributed by atoms with Gasteiger partial charge in [-0.2, -0.15) is 0 Å². The Kier molecular flexibility index (Phi) is 3.07. The van der Waals surface area contributed by atoms with Crippen LogP contribution in [-0.2, 0) is 14.6 Å². The molecule has 0 bridgehead atoms. The maximum atomic E-state index is 11.9. The van der Waals surface area contributed by atoms with Gasteiger partial charge in [0.25, 0.3) is 0 Å². The van der Waals surface area contributed by atoms with Gasteiger partial charge in [-0.3, -0.25) is 0 Å². The van der Waals surface area contributed by atoms with Crippen molar-refractivity contribution in [3.63, 3.8) is 0 Å². The zero-order valence-corrected chi connectivity index (χ0v) is 9.24. The van der Waals surface area contributed by atoms with Crippen molar-refractivity contribution in [3.05, 3.63) is 30.3 Å². The highest BCUT2D eigenvalue weighted by Crippen LogP contribution is 2.19. The summed E-state index contributed by atoms with van der Waals surface area (Å²) < 4.78 is 29.0. The van der Waals surface area contributed by atoms with Crippen LogP contribution in [0.15, 0.2) is 35.2 Å². The van der Waals surface area contributed by atoms with E-state index in [9.17, 15) is 8.42 Å². The number of benzene rings is 1. The number of ether oxygens (including phenoxy) is 1. The van der Waals surface area contributed by atoms with Gasteiger partial charge in [-0.1, -0.05) is 18.2 Å². The number of hydrogen-bond donors (Lipinski definition) is 0. The molecule has 4 heteroatoms. The number of hydrogen-bond acceptors (Lipinski definition) is 3. The molecule has 1 unspecified atom stereocenters. The molecule has 1 atom stereocenters. The van der Waals surface area contributed by atoms with Crippen molar-refractivity contribution in [3.8, 4) is 0 Å². The summed E-state index contributed by atoms with van der Waals surface area (Å²) in [6.07, 6.45) is 0.853. The van der Waals surface area contributed by atoms with Gasteiger partial charge >= 0.3 is 0 Å². The second-order valence-electron chi connectivity index (χ2n) is 3.82. The van der Waals surface area contributed by atoms with E-state index in [-0.39, 0.29) is 11.7 Å². The van der Waals surface area contributed by atoms with E-state index in [2.05, 4.69) is 0 Å². The van der Waals surface area contributed by atoms with E-state index in [1.165, 1.54) is 0 Å². The lowest BCUT2D eigenvalue weighted by molar-refractivity contribution is 0.188. The highest BCUT2D eigenvalue weighted by atomic mass is 32.2. The standard InChI is InChI=1S/C11H14O3S/c12-15(13,9-10-6-7-14-8-10)11-4-2-1-3-5-11/h1-5,10H,6-9H2. The van der Waals surface area contributed by atoms with Crippen LogP contribution < -0.4 is 0 Å². The fourth-order valence-electron chi connectivity index (χ4n) is 1.75. The van der Waals surface area contributed by atoms with Gasteiger partial charge in [-0.05, 0) is 24.5 Å². The molecule has 0 saturated carbocycles. The highest BCUT2D eigenvalue weighted by molar-refractivity contribution is 7.91. The van der Waals surface area contributed by atoms with Gasteiger partial charge in [0.05, 0.1) is 17.3 Å². The van der Waals surface area contributed by atoms with Crippen LogP contribution in [0.1, 0.15) is 6.42 Å². The van der Waals surface area contributed by atoms with Crippen molar-refractivity contribution < 1.29 is 13.2 Å². The van der Waals surface area contributed by atoms with Gasteiger partial charge in [0, 0.05) is 6.61 Å². The van der Waals surface area contributed by atoms with E-state index >= 15 is 0 Å². The lowest BCUT2D eigenvalue weighted by atomic mass is 10.2. The smallest absolute Gasteiger partial charge is 0.178 e. The van der Waals surface area contributed by atoms with E-state index in [0.29, 0.717) is 18.1 Å². The van der Waals surface area contributed by atoms with Crippen LogP contribution in [0.2, 0.25) is 0 Å². The van der Waals surface area contributed by atoms with Gasteiger partial charge in [0.15, 0.2) is 9.84 Å². The van der Waals surface area contributed by atoms with Crippen LogP contribution in [0.5, 0.6) is 0 Å². The predicted octanol–water partition coefficient (Wildman–Crippen LogP) is 1.50. The van der Waals surface area contributed by atoms with E-state index < -0.39 is 9.84 Å². The van der Waals surface area contributed by atoms with E-state index in [0.717, 1.165) is 6.42 Å². The molecule has 3 nitrogen and oxygen atoms in total. The molecule has 1 aromatic carbocycles. The third-order valence-electron chi connectivity index (χ3n) is 2.58. The van der Waals surface area contributed by atoms with Gasteiger partial charge in [-0.15, -0.1) is 0 Å². The molecule has 0 N–H and O–H groups in total. The first-order chi connectivity index (χ1) is 7.18. The molecule has 1 fully saturated rings. The van der Waals surface area contributed by atoms with Crippen LogP contribution in [0, 0.1) is 5.92 Å². The third-order valence-corrected chi connectivity index (χ3v) is 4.48. The SMILES string of the molecule is O=S(=O)(CC1CCOC1)c1ccccc1. The normalized spacial score (nSPS) is 21.7. The van der Waals surface area contributed by atoms with Crippen molar-refractivity contribution in [2.24, 2.45) is 5.92 Å². The maximum Gasteiger partial charge on any atom is 0.178 e. The lowest BCUT2D eigenvalue weighted by Crippen LogP contribution is -2.16. The van der Waals surface area contributed by atoms with Crippen LogP contribution in [0.4, 0.5) is 0 Å². The maximum absolute atomic E-state index is 11.9. The van der Waals surface area contributed by atoms with Crippen LogP contribution in [-0.4, -0.2) is 27.4 Å². The van der Waals surface area contributed by atoms with Crippen molar-refractivity contribution in [1.29, 1.82) is 0 Å². The average molecular weight is 226 g/mol. The summed E-state index contributed by atoms with van der Waals surface area (Å²) in [6, 6.07) is 8.60. The first kappa shape index (κ1) is 10.6. The molecule has 0 aliphatic carbocycles. The summed E-state index contributed by atoms with van der Waals surface area (Å²) in [5.74, 6) is 0.368. The fourth-order valence-corrected chi connectivity index (χ4v) is 3.40. The minimum Gasteiger partial charge on any atom is -0.381 e. The van der Waals surface area contributed by atoms with Gasteiger partial charge in [-0.25, -0.2) is 8.42 Å². The predicted molar refractivity (Wildman–Crippen MR) is 57.4 cm³/mol. The van der Waals surface area contributed by atoms with Gasteiger partial charge in [0.1, 0.15) is 0 Å². The lowest BCUT2D eigenvalue weighted by Gasteiger charge is -2.08. The second kappa shape index (κ2) is 4.33. The minimum absolute atomic E-state index is 0.162. The Morgan fingerprint density at radius 3 is 2.60 bits per heavy atom. The molecule has 0 spiro atoms. The zero-order valence-electron chi connectivity index (χ0n) is 8.43. The Morgan fingerprint density at radius 2 is 2.00 bits per heavy atom. The summed E-state index contributed by atoms with van der Waals surface area (Å²) in [6.45, 7) is 1.26. The molecule has 82 valence electrons. The van der Waals surface area contributed by atoms with E-state index in [1.54, 1.807) is 24.3 Å². The van der Waals surface area contributed by atoms with Crippen molar-refractivity contribution in [1.82, 2.24) is 0 Å². The van der Waals surface area contributed by atoms with Crippen LogP contribution >= 0.6 is 0 Å². The zero-order chi connectivity index (χ0) is 10.7. The molecular formula is C11H14O3S. The summed E-state index contributed by atoms with van der Waals surface area (Å²) in [7, 11) is -3.12. The molecule has 0 aromatic heterocycles. The average Bonchev–Trinajstić information content (AvgIpc) is 2.71. The fraction of sp³-hybridized carbons (Fsp3) is 0.455. The molecule has 2 rings (SSSR count). The summed E-state index contributed by atoms with van der Waals surface area (Å²) >= 11 is 0. The molecule has 0 radical (unpaired) electrons. The Hall–Kier alpha value is -0.870. The Balaban J connectivity index is 2.13. The van der Waals surface area contributed by atoms with E-state index in [4.69, 9.17) is 4.74 Å². The molecule has 1 aliphatic rings. The summed E-state index contributed by atoms with van der Waals surface area (Å²) in [5.41, 5.74) is 0. The second-order valence-corrected chi connectivity index (χ2v) is 5.86. The molecule has 1 aromatic rings. The van der Waals surface area contributed by atoms with Crippen molar-refractivity contribution >= 4 is 9.84 Å². The molecule has 1 saturated heterocycles. The topological polar surface area (TPSA) is 43.4 Å². The quantitative estimate of drug-likeness (QED) is 0.784. The van der Waals surface area contributed by atoms with Gasteiger partial charge in [0.2, 0.25) is 0 Å². The van der Waals surface area contributed by atoms with Crippen molar-refractivity contribution in [2.45, 2.75) is 11.3 Å². The molecule has 0 amide bonds. The Labute approximate surface area is 90.0 Å². The monoisotopic (exact) mass is 226 g/mol. The van der Waals surface area contributed by atoms with Crippen LogP contribution in [0.3, 0.4) is 0 Å². The third kappa shape index (κ3) is 2.58. The molecular weight excluding hydrogens is 212 g/mol. The Bertz CT molecular complexity index is 405. The highest BCUT2D eigenvalue weighted by Gasteiger charge is 2.24. The summed E-state index contributed by atoms with van der Waals surface area (Å²) in [5, 5.41) is 0. The first-order valence-corrected chi connectivity index (χ1v) is 6.69. The van der Waals surface area contributed by atoms with E-state index in [1.807, 2.05) is 6.07 Å². The minimum atomic E-state index is -3.12. The molecule has 15 heavy (non-hydrogen) atoms. The number of rotatable bonds is 3. The first-order valence-electron chi connectivity index (χ1n) is 5.04.